The number of ether oxygens (including phenoxy) is 1. The SMILES string of the molecule is C=CCNC(=O)c1cnc2c(OC)cccc2c1Nc1ccccc1C#N. The molecule has 0 spiro atoms. The van der Waals surface area contributed by atoms with Gasteiger partial charge in [-0.3, -0.25) is 9.78 Å². The van der Waals surface area contributed by atoms with E-state index in [0.717, 1.165) is 0 Å². The van der Waals surface area contributed by atoms with Crippen LogP contribution in [0.5, 0.6) is 5.75 Å². The lowest BCUT2D eigenvalue weighted by Crippen LogP contribution is -2.24. The molecule has 0 saturated carbocycles. The Hall–Kier alpha value is -3.85. The molecule has 0 unspecified atom stereocenters. The van der Waals surface area contributed by atoms with Crippen LogP contribution in [0.2, 0.25) is 0 Å². The molecular formula is C21H18N4O2. The van der Waals surface area contributed by atoms with Crippen LogP contribution in [-0.4, -0.2) is 24.5 Å². The van der Waals surface area contributed by atoms with Gasteiger partial charge < -0.3 is 15.4 Å². The molecule has 2 N–H and O–H groups in total. The Morgan fingerprint density at radius 1 is 1.30 bits per heavy atom. The predicted molar refractivity (Wildman–Crippen MR) is 105 cm³/mol. The van der Waals surface area contributed by atoms with E-state index < -0.39 is 0 Å². The van der Waals surface area contributed by atoms with Crippen LogP contribution < -0.4 is 15.4 Å². The predicted octanol–water partition coefficient (Wildman–Crippen LogP) is 3.77. The van der Waals surface area contributed by atoms with E-state index in [-0.39, 0.29) is 5.91 Å². The Balaban J connectivity index is 2.20. The zero-order valence-electron chi connectivity index (χ0n) is 14.8. The van der Waals surface area contributed by atoms with Crippen molar-refractivity contribution in [2.24, 2.45) is 0 Å². The van der Waals surface area contributed by atoms with Gasteiger partial charge >= 0.3 is 0 Å². The molecule has 1 heterocycles. The van der Waals surface area contributed by atoms with Gasteiger partial charge in [0.05, 0.1) is 29.6 Å². The van der Waals surface area contributed by atoms with Gasteiger partial charge in [-0.1, -0.05) is 30.3 Å². The highest BCUT2D eigenvalue weighted by atomic mass is 16.5. The zero-order chi connectivity index (χ0) is 19.2. The van der Waals surface area contributed by atoms with Gasteiger partial charge in [0.2, 0.25) is 0 Å². The zero-order valence-corrected chi connectivity index (χ0v) is 14.8. The lowest BCUT2D eigenvalue weighted by molar-refractivity contribution is 0.0958. The standard InChI is InChI=1S/C21H18N4O2/c1-3-11-23-21(26)16-13-24-20-15(8-6-10-18(20)27-2)19(16)25-17-9-5-4-7-14(17)12-22/h3-10,13H,1,11H2,2H3,(H,23,26)(H,24,25). The quantitative estimate of drug-likeness (QED) is 0.655. The highest BCUT2D eigenvalue weighted by Crippen LogP contribution is 2.34. The summed E-state index contributed by atoms with van der Waals surface area (Å²) >= 11 is 0. The van der Waals surface area contributed by atoms with Gasteiger partial charge in [0, 0.05) is 18.1 Å². The molecule has 0 aliphatic heterocycles. The molecule has 2 aromatic carbocycles. The van der Waals surface area contributed by atoms with E-state index in [1.807, 2.05) is 18.2 Å². The summed E-state index contributed by atoms with van der Waals surface area (Å²) in [6.07, 6.45) is 3.11. The van der Waals surface area contributed by atoms with Crippen LogP contribution in [0.25, 0.3) is 10.9 Å². The van der Waals surface area contributed by atoms with Crippen LogP contribution >= 0.6 is 0 Å². The van der Waals surface area contributed by atoms with E-state index in [4.69, 9.17) is 4.74 Å². The Morgan fingerprint density at radius 2 is 2.11 bits per heavy atom. The summed E-state index contributed by atoms with van der Waals surface area (Å²) in [6, 6.07) is 14.8. The van der Waals surface area contributed by atoms with Crippen molar-refractivity contribution < 1.29 is 9.53 Å². The fourth-order valence-electron chi connectivity index (χ4n) is 2.75. The van der Waals surface area contributed by atoms with Crippen LogP contribution in [0.1, 0.15) is 15.9 Å². The number of carbonyl (C=O) groups excluding carboxylic acids is 1. The van der Waals surface area contributed by atoms with Gasteiger partial charge in [0.25, 0.3) is 5.91 Å². The van der Waals surface area contributed by atoms with Crippen molar-refractivity contribution in [1.82, 2.24) is 10.3 Å². The summed E-state index contributed by atoms with van der Waals surface area (Å²) in [5.74, 6) is 0.311. The lowest BCUT2D eigenvalue weighted by atomic mass is 10.1. The number of methoxy groups -OCH3 is 1. The van der Waals surface area contributed by atoms with Gasteiger partial charge in [0.15, 0.2) is 0 Å². The number of carbonyl (C=O) groups is 1. The third kappa shape index (κ3) is 3.58. The van der Waals surface area contributed by atoms with Crippen molar-refractivity contribution in [2.75, 3.05) is 19.0 Å². The average molecular weight is 358 g/mol. The Morgan fingerprint density at radius 3 is 2.85 bits per heavy atom. The highest BCUT2D eigenvalue weighted by molar-refractivity contribution is 6.09. The summed E-state index contributed by atoms with van der Waals surface area (Å²) in [5, 5.41) is 16.1. The maximum absolute atomic E-state index is 12.6. The Kier molecular flexibility index (Phi) is 5.33. The third-order valence-corrected chi connectivity index (χ3v) is 4.04. The molecule has 3 aromatic rings. The molecule has 6 nitrogen and oxygen atoms in total. The minimum atomic E-state index is -0.288. The number of hydrogen-bond donors (Lipinski definition) is 2. The van der Waals surface area contributed by atoms with Crippen LogP contribution in [0, 0.1) is 11.3 Å². The topological polar surface area (TPSA) is 87.0 Å². The Bertz CT molecular complexity index is 1050. The third-order valence-electron chi connectivity index (χ3n) is 4.04. The number of fused-ring (bicyclic) bond motifs is 1. The maximum Gasteiger partial charge on any atom is 0.255 e. The van der Waals surface area contributed by atoms with Gasteiger partial charge in [-0.15, -0.1) is 6.58 Å². The first-order chi connectivity index (χ1) is 13.2. The number of para-hydroxylation sites is 2. The highest BCUT2D eigenvalue weighted by Gasteiger charge is 2.18. The van der Waals surface area contributed by atoms with Crippen molar-refractivity contribution in [3.8, 4) is 11.8 Å². The molecule has 6 heteroatoms. The monoisotopic (exact) mass is 358 g/mol. The van der Waals surface area contributed by atoms with E-state index in [0.29, 0.717) is 45.7 Å². The fraction of sp³-hybridized carbons (Fsp3) is 0.0952. The van der Waals surface area contributed by atoms with Gasteiger partial charge in [-0.05, 0) is 18.2 Å². The summed E-state index contributed by atoms with van der Waals surface area (Å²) in [6.45, 7) is 3.95. The minimum absolute atomic E-state index is 0.288. The van der Waals surface area contributed by atoms with E-state index in [1.165, 1.54) is 6.20 Å². The summed E-state index contributed by atoms with van der Waals surface area (Å²) in [4.78, 5) is 17.0. The number of aromatic nitrogens is 1. The molecule has 0 atom stereocenters. The normalized spacial score (nSPS) is 10.1. The summed E-state index contributed by atoms with van der Waals surface area (Å²) < 4.78 is 5.39. The lowest BCUT2D eigenvalue weighted by Gasteiger charge is -2.16. The first-order valence-corrected chi connectivity index (χ1v) is 8.30. The molecule has 0 aliphatic rings. The van der Waals surface area contributed by atoms with E-state index in [2.05, 4.69) is 28.3 Å². The van der Waals surface area contributed by atoms with E-state index >= 15 is 0 Å². The number of rotatable bonds is 6. The second kappa shape index (κ2) is 8.02. The number of nitrogens with zero attached hydrogens (tertiary/aromatic N) is 2. The molecule has 0 radical (unpaired) electrons. The smallest absolute Gasteiger partial charge is 0.255 e. The number of pyridine rings is 1. The molecule has 1 aromatic heterocycles. The number of nitriles is 1. The minimum Gasteiger partial charge on any atom is -0.494 e. The number of nitrogens with one attached hydrogen (secondary N) is 2. The molecule has 0 aliphatic carbocycles. The van der Waals surface area contributed by atoms with Crippen molar-refractivity contribution >= 4 is 28.2 Å². The Labute approximate surface area is 157 Å². The summed E-state index contributed by atoms with van der Waals surface area (Å²) in [7, 11) is 1.57. The molecule has 3 rings (SSSR count). The van der Waals surface area contributed by atoms with Crippen molar-refractivity contribution in [1.29, 1.82) is 5.26 Å². The second-order valence-electron chi connectivity index (χ2n) is 5.68. The molecule has 134 valence electrons. The first-order valence-electron chi connectivity index (χ1n) is 8.30. The molecule has 27 heavy (non-hydrogen) atoms. The van der Waals surface area contributed by atoms with E-state index in [9.17, 15) is 10.1 Å². The number of amides is 1. The van der Waals surface area contributed by atoms with Gasteiger partial charge in [-0.2, -0.15) is 5.26 Å². The second-order valence-corrected chi connectivity index (χ2v) is 5.68. The first kappa shape index (κ1) is 18.0. The fourth-order valence-corrected chi connectivity index (χ4v) is 2.75. The molecular weight excluding hydrogens is 340 g/mol. The van der Waals surface area contributed by atoms with E-state index in [1.54, 1.807) is 37.5 Å². The van der Waals surface area contributed by atoms with Crippen LogP contribution in [0.3, 0.4) is 0 Å². The van der Waals surface area contributed by atoms with Crippen LogP contribution in [-0.2, 0) is 0 Å². The largest absolute Gasteiger partial charge is 0.494 e. The number of hydrogen-bond acceptors (Lipinski definition) is 5. The number of benzene rings is 2. The number of anilines is 2. The van der Waals surface area contributed by atoms with Gasteiger partial charge in [0.1, 0.15) is 17.3 Å². The maximum atomic E-state index is 12.6. The van der Waals surface area contributed by atoms with Crippen molar-refractivity contribution in [3.05, 3.63) is 72.4 Å². The summed E-state index contributed by atoms with van der Waals surface area (Å²) in [5.41, 5.74) is 2.63. The molecule has 0 fully saturated rings. The van der Waals surface area contributed by atoms with Crippen LogP contribution in [0.15, 0.2) is 61.3 Å². The molecule has 0 saturated heterocycles. The van der Waals surface area contributed by atoms with Gasteiger partial charge in [-0.25, -0.2) is 0 Å². The molecule has 1 amide bonds. The van der Waals surface area contributed by atoms with Crippen LogP contribution in [0.4, 0.5) is 11.4 Å². The molecule has 0 bridgehead atoms. The average Bonchev–Trinajstić information content (AvgIpc) is 2.72. The van der Waals surface area contributed by atoms with Crippen molar-refractivity contribution in [2.45, 2.75) is 0 Å². The van der Waals surface area contributed by atoms with Crippen molar-refractivity contribution in [3.63, 3.8) is 0 Å².